The van der Waals surface area contributed by atoms with Gasteiger partial charge in [0.25, 0.3) is 5.91 Å². The number of carbonyl (C=O) groups excluding carboxylic acids is 1. The van der Waals surface area contributed by atoms with Crippen LogP contribution in [-0.2, 0) is 6.54 Å². The molecule has 4 nitrogen and oxygen atoms in total. The molecule has 2 heterocycles. The lowest BCUT2D eigenvalue weighted by atomic mass is 10.0. The summed E-state index contributed by atoms with van der Waals surface area (Å²) in [6, 6.07) is 11.7. The molecule has 1 atom stereocenters. The first-order valence-electron chi connectivity index (χ1n) is 8.41. The third-order valence-electron chi connectivity index (χ3n) is 4.38. The van der Waals surface area contributed by atoms with E-state index in [1.807, 2.05) is 23.1 Å². The van der Waals surface area contributed by atoms with E-state index in [1.54, 1.807) is 18.3 Å². The number of benzene rings is 1. The van der Waals surface area contributed by atoms with E-state index in [4.69, 9.17) is 0 Å². The molecular formula is C19H23ClFN3O. The Balaban J connectivity index is 0.00000225. The van der Waals surface area contributed by atoms with Gasteiger partial charge in [-0.15, -0.1) is 12.4 Å². The summed E-state index contributed by atoms with van der Waals surface area (Å²) < 4.78 is 13.5. The average molecular weight is 364 g/mol. The minimum Gasteiger partial charge on any atom is -0.330 e. The highest BCUT2D eigenvalue weighted by atomic mass is 35.5. The van der Waals surface area contributed by atoms with Crippen molar-refractivity contribution in [3.8, 4) is 0 Å². The molecule has 0 aliphatic carbocycles. The van der Waals surface area contributed by atoms with Gasteiger partial charge < -0.3 is 10.2 Å². The molecule has 1 aliphatic heterocycles. The minimum atomic E-state index is -0.388. The number of aromatic nitrogens is 1. The van der Waals surface area contributed by atoms with Gasteiger partial charge in [0.2, 0.25) is 0 Å². The number of nitrogens with zero attached hydrogens (tertiary/aromatic N) is 2. The van der Waals surface area contributed by atoms with Crippen molar-refractivity contribution in [3.63, 3.8) is 0 Å². The Labute approximate surface area is 153 Å². The zero-order valence-electron chi connectivity index (χ0n) is 14.0. The quantitative estimate of drug-likeness (QED) is 0.905. The maximum Gasteiger partial charge on any atom is 0.254 e. The minimum absolute atomic E-state index is 0. The zero-order valence-corrected chi connectivity index (χ0v) is 14.8. The molecule has 1 fully saturated rings. The molecule has 134 valence electrons. The Hall–Kier alpha value is -1.98. The molecule has 2 aromatic rings. The number of rotatable bonds is 4. The van der Waals surface area contributed by atoms with Crippen molar-refractivity contribution < 1.29 is 9.18 Å². The van der Waals surface area contributed by atoms with Gasteiger partial charge in [-0.05, 0) is 62.7 Å². The number of pyridine rings is 1. The third kappa shape index (κ3) is 5.25. The number of amides is 1. The van der Waals surface area contributed by atoms with Crippen molar-refractivity contribution in [2.45, 2.75) is 31.8 Å². The highest BCUT2D eigenvalue weighted by Crippen LogP contribution is 2.19. The Kier molecular flexibility index (Phi) is 7.34. The summed E-state index contributed by atoms with van der Waals surface area (Å²) in [6.45, 7) is 2.31. The molecule has 3 rings (SSSR count). The second kappa shape index (κ2) is 9.49. The normalized spacial score (nSPS) is 17.2. The van der Waals surface area contributed by atoms with Crippen molar-refractivity contribution in [3.05, 3.63) is 65.7 Å². The molecule has 1 saturated heterocycles. The van der Waals surface area contributed by atoms with Crippen LogP contribution in [-0.4, -0.2) is 34.9 Å². The predicted molar refractivity (Wildman–Crippen MR) is 98.3 cm³/mol. The van der Waals surface area contributed by atoms with Gasteiger partial charge in [-0.25, -0.2) is 4.39 Å². The van der Waals surface area contributed by atoms with Crippen LogP contribution in [0.2, 0.25) is 0 Å². The largest absolute Gasteiger partial charge is 0.330 e. The molecule has 0 bridgehead atoms. The van der Waals surface area contributed by atoms with Gasteiger partial charge in [0, 0.05) is 17.8 Å². The summed E-state index contributed by atoms with van der Waals surface area (Å²) in [7, 11) is 0. The molecule has 1 aromatic carbocycles. The number of carbonyl (C=O) groups is 1. The Morgan fingerprint density at radius 3 is 2.84 bits per heavy atom. The van der Waals surface area contributed by atoms with E-state index in [0.29, 0.717) is 12.1 Å². The summed E-state index contributed by atoms with van der Waals surface area (Å²) >= 11 is 0. The molecule has 1 N–H and O–H groups in total. The highest BCUT2D eigenvalue weighted by Gasteiger charge is 2.26. The summed E-state index contributed by atoms with van der Waals surface area (Å²) in [6.07, 6.45) is 4.60. The smallest absolute Gasteiger partial charge is 0.254 e. The lowest BCUT2D eigenvalue weighted by molar-refractivity contribution is 0.0642. The maximum absolute atomic E-state index is 13.5. The fourth-order valence-corrected chi connectivity index (χ4v) is 3.13. The fraction of sp³-hybridized carbons (Fsp3) is 0.368. The van der Waals surface area contributed by atoms with Gasteiger partial charge in [-0.3, -0.25) is 9.78 Å². The summed E-state index contributed by atoms with van der Waals surface area (Å²) in [5.74, 6) is -0.520. The van der Waals surface area contributed by atoms with Crippen LogP contribution in [0.4, 0.5) is 4.39 Å². The average Bonchev–Trinajstić information content (AvgIpc) is 2.89. The van der Waals surface area contributed by atoms with Gasteiger partial charge in [0.05, 0.1) is 12.2 Å². The van der Waals surface area contributed by atoms with Crippen LogP contribution in [0.1, 0.15) is 35.3 Å². The maximum atomic E-state index is 13.5. The first-order chi connectivity index (χ1) is 11.7. The monoisotopic (exact) mass is 363 g/mol. The molecule has 1 aromatic heterocycles. The Morgan fingerprint density at radius 1 is 1.20 bits per heavy atom. The lowest BCUT2D eigenvalue weighted by Gasteiger charge is -2.31. The molecule has 6 heteroatoms. The molecule has 1 unspecified atom stereocenters. The van der Waals surface area contributed by atoms with E-state index in [0.717, 1.165) is 38.0 Å². The molecule has 1 aliphatic rings. The summed E-state index contributed by atoms with van der Waals surface area (Å²) in [4.78, 5) is 19.2. The van der Waals surface area contributed by atoms with E-state index in [1.165, 1.54) is 12.1 Å². The second-order valence-corrected chi connectivity index (χ2v) is 6.10. The van der Waals surface area contributed by atoms with E-state index in [-0.39, 0.29) is 30.2 Å². The Morgan fingerprint density at radius 2 is 2.08 bits per heavy atom. The third-order valence-corrected chi connectivity index (χ3v) is 4.38. The van der Waals surface area contributed by atoms with Crippen LogP contribution in [0.3, 0.4) is 0 Å². The van der Waals surface area contributed by atoms with Gasteiger partial charge in [-0.2, -0.15) is 0 Å². The van der Waals surface area contributed by atoms with E-state index in [9.17, 15) is 9.18 Å². The highest BCUT2D eigenvalue weighted by molar-refractivity contribution is 5.94. The van der Waals surface area contributed by atoms with Crippen molar-refractivity contribution in [2.24, 2.45) is 0 Å². The van der Waals surface area contributed by atoms with Crippen LogP contribution in [0.5, 0.6) is 0 Å². The first kappa shape index (κ1) is 19.3. The van der Waals surface area contributed by atoms with Crippen molar-refractivity contribution in [1.82, 2.24) is 15.2 Å². The number of halogens is 2. The van der Waals surface area contributed by atoms with Crippen LogP contribution >= 0.6 is 12.4 Å². The standard InChI is InChI=1S/C19H22FN3O.ClH/c20-16-6-3-5-15(13-16)19(24)23(14-17-7-1-2-11-22-17)18-8-4-10-21-12-9-18;/h1-3,5-7,11,13,18,21H,4,8-10,12,14H2;1H. The molecule has 0 saturated carbocycles. The SMILES string of the molecule is Cl.O=C(c1cccc(F)c1)N(Cc1ccccn1)C1CCCNCC1. The summed E-state index contributed by atoms with van der Waals surface area (Å²) in [5.41, 5.74) is 1.24. The summed E-state index contributed by atoms with van der Waals surface area (Å²) in [5, 5.41) is 3.37. The van der Waals surface area contributed by atoms with Gasteiger partial charge >= 0.3 is 0 Å². The first-order valence-corrected chi connectivity index (χ1v) is 8.41. The van der Waals surface area contributed by atoms with Crippen molar-refractivity contribution >= 4 is 18.3 Å². The number of hydrogen-bond donors (Lipinski definition) is 1. The van der Waals surface area contributed by atoms with Crippen molar-refractivity contribution in [1.29, 1.82) is 0 Å². The zero-order chi connectivity index (χ0) is 16.8. The number of nitrogens with one attached hydrogen (secondary N) is 1. The van der Waals surface area contributed by atoms with Crippen LogP contribution in [0.15, 0.2) is 48.7 Å². The van der Waals surface area contributed by atoms with Crippen molar-refractivity contribution in [2.75, 3.05) is 13.1 Å². The van der Waals surface area contributed by atoms with Crippen LogP contribution < -0.4 is 5.32 Å². The number of hydrogen-bond acceptors (Lipinski definition) is 3. The van der Waals surface area contributed by atoms with E-state index >= 15 is 0 Å². The fourth-order valence-electron chi connectivity index (χ4n) is 3.13. The molecular weight excluding hydrogens is 341 g/mol. The lowest BCUT2D eigenvalue weighted by Crippen LogP contribution is -2.40. The Bertz CT molecular complexity index is 675. The van der Waals surface area contributed by atoms with Gasteiger partial charge in [-0.1, -0.05) is 12.1 Å². The second-order valence-electron chi connectivity index (χ2n) is 6.10. The molecule has 0 radical (unpaired) electrons. The van der Waals surface area contributed by atoms with Gasteiger partial charge in [0.1, 0.15) is 5.82 Å². The molecule has 1 amide bonds. The topological polar surface area (TPSA) is 45.2 Å². The van der Waals surface area contributed by atoms with E-state index in [2.05, 4.69) is 10.3 Å². The van der Waals surface area contributed by atoms with Gasteiger partial charge in [0.15, 0.2) is 0 Å². The van der Waals surface area contributed by atoms with Crippen LogP contribution in [0.25, 0.3) is 0 Å². The molecule has 25 heavy (non-hydrogen) atoms. The predicted octanol–water partition coefficient (Wildman–Crippen LogP) is 3.43. The van der Waals surface area contributed by atoms with E-state index < -0.39 is 0 Å². The van der Waals surface area contributed by atoms with Crippen LogP contribution in [0, 0.1) is 5.82 Å². The molecule has 0 spiro atoms.